The Morgan fingerprint density at radius 3 is 2.58 bits per heavy atom. The van der Waals surface area contributed by atoms with Gasteiger partial charge in [-0.3, -0.25) is 9.59 Å². The number of nitrogens with zero attached hydrogens (tertiary/aromatic N) is 4. The van der Waals surface area contributed by atoms with E-state index >= 15 is 0 Å². The average molecular weight is 327 g/mol. The zero-order valence-corrected chi connectivity index (χ0v) is 13.6. The molecule has 0 bridgehead atoms. The Bertz CT molecular complexity index is 956. The Hall–Kier alpha value is -3.16. The largest absolute Gasteiger partial charge is 0.497 e. The first kappa shape index (κ1) is 15.7. The second kappa shape index (κ2) is 6.15. The molecule has 0 saturated heterocycles. The van der Waals surface area contributed by atoms with Gasteiger partial charge in [0.1, 0.15) is 23.6 Å². The number of nitrogens with one attached hydrogen (secondary N) is 1. The van der Waals surface area contributed by atoms with E-state index in [-0.39, 0.29) is 18.0 Å². The van der Waals surface area contributed by atoms with Gasteiger partial charge in [0.05, 0.1) is 12.8 Å². The fourth-order valence-electron chi connectivity index (χ4n) is 2.40. The minimum absolute atomic E-state index is 0.129. The fourth-order valence-corrected chi connectivity index (χ4v) is 2.40. The van der Waals surface area contributed by atoms with E-state index in [9.17, 15) is 9.59 Å². The van der Waals surface area contributed by atoms with Crippen LogP contribution in [0.4, 0.5) is 0 Å². The van der Waals surface area contributed by atoms with Gasteiger partial charge in [0.15, 0.2) is 0 Å². The molecule has 124 valence electrons. The second-order valence-corrected chi connectivity index (χ2v) is 5.24. The van der Waals surface area contributed by atoms with E-state index in [0.717, 1.165) is 16.0 Å². The van der Waals surface area contributed by atoms with Crippen molar-refractivity contribution in [3.63, 3.8) is 0 Å². The van der Waals surface area contributed by atoms with Crippen LogP contribution in [-0.2, 0) is 11.3 Å². The van der Waals surface area contributed by atoms with E-state index < -0.39 is 0 Å². The topological polar surface area (TPSA) is 90.5 Å². The number of hydrogen-bond donors (Lipinski definition) is 1. The molecular weight excluding hydrogens is 310 g/mol. The van der Waals surface area contributed by atoms with E-state index in [1.807, 2.05) is 24.3 Å². The van der Waals surface area contributed by atoms with Crippen LogP contribution in [0.3, 0.4) is 0 Å². The molecule has 0 radical (unpaired) electrons. The number of aromatic nitrogens is 4. The number of carbonyl (C=O) groups excluding carboxylic acids is 1. The molecule has 0 fully saturated rings. The maximum Gasteiger partial charge on any atom is 0.293 e. The number of benzene rings is 1. The zero-order chi connectivity index (χ0) is 17.3. The first-order chi connectivity index (χ1) is 11.5. The van der Waals surface area contributed by atoms with Crippen molar-refractivity contribution >= 4 is 11.4 Å². The van der Waals surface area contributed by atoms with Crippen molar-refractivity contribution in [2.45, 2.75) is 13.5 Å². The third kappa shape index (κ3) is 2.73. The lowest BCUT2D eigenvalue weighted by molar-refractivity contribution is -0.121. The van der Waals surface area contributed by atoms with Gasteiger partial charge in [-0.25, -0.2) is 9.20 Å². The van der Waals surface area contributed by atoms with Crippen molar-refractivity contribution in [3.05, 3.63) is 46.5 Å². The standard InChI is InChI=1S/C16H17N5O3/c1-10-18-20(9-15(22)17-2)16(23)14-8-13(19-21(10)14)11-4-6-12(24-3)7-5-11/h4-8H,9H2,1-3H3,(H,17,22). The van der Waals surface area contributed by atoms with Crippen molar-refractivity contribution in [2.24, 2.45) is 0 Å². The average Bonchev–Trinajstić information content (AvgIpc) is 3.05. The molecule has 2 aromatic heterocycles. The van der Waals surface area contributed by atoms with E-state index in [2.05, 4.69) is 15.5 Å². The van der Waals surface area contributed by atoms with Gasteiger partial charge in [-0.2, -0.15) is 10.2 Å². The third-order valence-electron chi connectivity index (χ3n) is 3.69. The summed E-state index contributed by atoms with van der Waals surface area (Å²) < 4.78 is 7.77. The number of amides is 1. The number of methoxy groups -OCH3 is 1. The van der Waals surface area contributed by atoms with Gasteiger partial charge in [-0.1, -0.05) is 0 Å². The van der Waals surface area contributed by atoms with Crippen LogP contribution in [-0.4, -0.2) is 39.5 Å². The lowest BCUT2D eigenvalue weighted by Crippen LogP contribution is -2.33. The zero-order valence-electron chi connectivity index (χ0n) is 13.6. The normalized spacial score (nSPS) is 10.8. The molecule has 0 aliphatic heterocycles. The van der Waals surface area contributed by atoms with Crippen molar-refractivity contribution in [1.82, 2.24) is 24.7 Å². The molecule has 8 heteroatoms. The van der Waals surface area contributed by atoms with Crippen LogP contribution in [0.1, 0.15) is 5.82 Å². The summed E-state index contributed by atoms with van der Waals surface area (Å²) in [7, 11) is 3.11. The quantitative estimate of drug-likeness (QED) is 0.759. The molecule has 1 amide bonds. The molecule has 0 aliphatic rings. The number of rotatable bonds is 4. The molecule has 8 nitrogen and oxygen atoms in total. The number of fused-ring (bicyclic) bond motifs is 1. The van der Waals surface area contributed by atoms with Crippen LogP contribution < -0.4 is 15.6 Å². The maximum absolute atomic E-state index is 12.5. The molecule has 3 aromatic rings. The van der Waals surface area contributed by atoms with E-state index in [4.69, 9.17) is 4.74 Å². The van der Waals surface area contributed by atoms with Crippen molar-refractivity contribution < 1.29 is 9.53 Å². The molecule has 1 N–H and O–H groups in total. The first-order valence-electron chi connectivity index (χ1n) is 7.36. The summed E-state index contributed by atoms with van der Waals surface area (Å²) in [5.74, 6) is 0.977. The van der Waals surface area contributed by atoms with Crippen LogP contribution in [0.15, 0.2) is 35.1 Å². The Kier molecular flexibility index (Phi) is 4.03. The summed E-state index contributed by atoms with van der Waals surface area (Å²) in [5, 5.41) is 11.1. The Morgan fingerprint density at radius 2 is 1.96 bits per heavy atom. The predicted octanol–water partition coefficient (Wildman–Crippen LogP) is 0.621. The lowest BCUT2D eigenvalue weighted by Gasteiger charge is -2.05. The molecule has 0 saturated carbocycles. The smallest absolute Gasteiger partial charge is 0.293 e. The second-order valence-electron chi connectivity index (χ2n) is 5.24. The summed E-state index contributed by atoms with van der Waals surface area (Å²) >= 11 is 0. The summed E-state index contributed by atoms with van der Waals surface area (Å²) in [6.45, 7) is 1.60. The molecule has 24 heavy (non-hydrogen) atoms. The van der Waals surface area contributed by atoms with Gasteiger partial charge in [-0.15, -0.1) is 0 Å². The molecule has 0 unspecified atom stereocenters. The highest BCUT2D eigenvalue weighted by Gasteiger charge is 2.14. The summed E-state index contributed by atoms with van der Waals surface area (Å²) in [6, 6.07) is 9.08. The highest BCUT2D eigenvalue weighted by atomic mass is 16.5. The van der Waals surface area contributed by atoms with Gasteiger partial charge in [-0.05, 0) is 37.3 Å². The van der Waals surface area contributed by atoms with E-state index in [0.29, 0.717) is 17.0 Å². The fraction of sp³-hybridized carbons (Fsp3) is 0.250. The van der Waals surface area contributed by atoms with Crippen molar-refractivity contribution in [3.8, 4) is 17.0 Å². The molecule has 3 rings (SSSR count). The number of likely N-dealkylation sites (N-methyl/N-ethyl adjacent to an activating group) is 1. The Labute approximate surface area is 137 Å². The van der Waals surface area contributed by atoms with Crippen molar-refractivity contribution in [1.29, 1.82) is 0 Å². The first-order valence-corrected chi connectivity index (χ1v) is 7.36. The van der Waals surface area contributed by atoms with Gasteiger partial charge < -0.3 is 10.1 Å². The van der Waals surface area contributed by atoms with E-state index in [1.165, 1.54) is 11.6 Å². The van der Waals surface area contributed by atoms with Crippen LogP contribution in [0.5, 0.6) is 5.75 Å². The summed E-state index contributed by atoms with van der Waals surface area (Å²) in [6.07, 6.45) is 0. The highest BCUT2D eigenvalue weighted by molar-refractivity contribution is 5.75. The maximum atomic E-state index is 12.5. The van der Waals surface area contributed by atoms with Crippen LogP contribution in [0.2, 0.25) is 0 Å². The number of hydrogen-bond acceptors (Lipinski definition) is 5. The molecule has 0 spiro atoms. The Balaban J connectivity index is 2.10. The summed E-state index contributed by atoms with van der Waals surface area (Å²) in [5.41, 5.74) is 1.52. The monoisotopic (exact) mass is 327 g/mol. The highest BCUT2D eigenvalue weighted by Crippen LogP contribution is 2.21. The Morgan fingerprint density at radius 1 is 1.25 bits per heavy atom. The van der Waals surface area contributed by atoms with Crippen LogP contribution in [0, 0.1) is 6.92 Å². The van der Waals surface area contributed by atoms with Crippen LogP contribution >= 0.6 is 0 Å². The van der Waals surface area contributed by atoms with Gasteiger partial charge in [0.2, 0.25) is 5.91 Å². The molecule has 0 atom stereocenters. The SMILES string of the molecule is CNC(=O)Cn1nc(C)n2nc(-c3ccc(OC)cc3)cc2c1=O. The molecule has 0 aliphatic carbocycles. The van der Waals surface area contributed by atoms with Crippen LogP contribution in [0.25, 0.3) is 16.8 Å². The summed E-state index contributed by atoms with van der Waals surface area (Å²) in [4.78, 5) is 24.0. The van der Waals surface area contributed by atoms with Gasteiger partial charge in [0, 0.05) is 12.6 Å². The minimum atomic E-state index is -0.364. The number of carbonyl (C=O) groups is 1. The molecule has 2 heterocycles. The van der Waals surface area contributed by atoms with Crippen molar-refractivity contribution in [2.75, 3.05) is 14.2 Å². The number of ether oxygens (including phenoxy) is 1. The lowest BCUT2D eigenvalue weighted by atomic mass is 10.1. The molecular formula is C16H17N5O3. The van der Waals surface area contributed by atoms with Gasteiger partial charge >= 0.3 is 0 Å². The molecule has 1 aromatic carbocycles. The number of aryl methyl sites for hydroxylation is 1. The van der Waals surface area contributed by atoms with E-state index in [1.54, 1.807) is 20.1 Å². The predicted molar refractivity (Wildman–Crippen MR) is 88.0 cm³/mol. The minimum Gasteiger partial charge on any atom is -0.497 e. The van der Waals surface area contributed by atoms with Gasteiger partial charge in [0.25, 0.3) is 5.56 Å². The third-order valence-corrected chi connectivity index (χ3v) is 3.69.